The molecule has 1 aromatic carbocycles. The first-order valence-corrected chi connectivity index (χ1v) is 6.67. The van der Waals surface area contributed by atoms with Crippen LogP contribution in [0.1, 0.15) is 37.7 Å². The molecule has 1 aromatic rings. The van der Waals surface area contributed by atoms with E-state index >= 15 is 0 Å². The smallest absolute Gasteiger partial charge is 0.142 e. The van der Waals surface area contributed by atoms with Gasteiger partial charge in [-0.15, -0.1) is 0 Å². The van der Waals surface area contributed by atoms with E-state index in [9.17, 15) is 4.39 Å². The molecule has 17 heavy (non-hydrogen) atoms. The van der Waals surface area contributed by atoms with Crippen molar-refractivity contribution in [2.24, 2.45) is 11.1 Å². The predicted molar refractivity (Wildman–Crippen MR) is 69.7 cm³/mol. The summed E-state index contributed by atoms with van der Waals surface area (Å²) >= 11 is 5.69. The van der Waals surface area contributed by atoms with Gasteiger partial charge < -0.3 is 5.73 Å². The zero-order valence-electron chi connectivity index (χ0n) is 10.0. The van der Waals surface area contributed by atoms with E-state index in [2.05, 4.69) is 0 Å². The van der Waals surface area contributed by atoms with Gasteiger partial charge in [0, 0.05) is 0 Å². The molecule has 1 fully saturated rings. The van der Waals surface area contributed by atoms with E-state index in [1.54, 1.807) is 12.1 Å². The summed E-state index contributed by atoms with van der Waals surface area (Å²) in [4.78, 5) is 0. The quantitative estimate of drug-likeness (QED) is 0.870. The molecule has 1 saturated carbocycles. The van der Waals surface area contributed by atoms with Crippen molar-refractivity contribution in [3.05, 3.63) is 34.6 Å². The van der Waals surface area contributed by atoms with Gasteiger partial charge >= 0.3 is 0 Å². The standard InChI is InChI=1S/C14H19ClFN/c15-12-5-4-11(8-13(12)16)9-14(10-17)6-2-1-3-7-14/h4-5,8H,1-3,6-7,9-10,17H2. The maximum absolute atomic E-state index is 13.4. The molecule has 2 N–H and O–H groups in total. The molecule has 0 spiro atoms. The third-order valence-corrected chi connectivity index (χ3v) is 4.22. The second-order valence-corrected chi connectivity index (χ2v) is 5.60. The average Bonchev–Trinajstić information content (AvgIpc) is 2.35. The van der Waals surface area contributed by atoms with Crippen LogP contribution in [-0.2, 0) is 6.42 Å². The molecule has 2 rings (SSSR count). The van der Waals surface area contributed by atoms with Gasteiger partial charge in [0.2, 0.25) is 0 Å². The van der Waals surface area contributed by atoms with E-state index in [1.807, 2.05) is 6.07 Å². The molecular weight excluding hydrogens is 237 g/mol. The molecular formula is C14H19ClFN. The van der Waals surface area contributed by atoms with E-state index < -0.39 is 0 Å². The molecule has 0 bridgehead atoms. The van der Waals surface area contributed by atoms with Crippen LogP contribution in [0.4, 0.5) is 4.39 Å². The largest absolute Gasteiger partial charge is 0.330 e. The number of hydrogen-bond acceptors (Lipinski definition) is 1. The molecule has 94 valence electrons. The van der Waals surface area contributed by atoms with Crippen molar-refractivity contribution in [2.45, 2.75) is 38.5 Å². The fourth-order valence-corrected chi connectivity index (χ4v) is 2.96. The van der Waals surface area contributed by atoms with Gasteiger partial charge in [0.1, 0.15) is 5.82 Å². The molecule has 0 aromatic heterocycles. The first-order chi connectivity index (χ1) is 8.15. The lowest BCUT2D eigenvalue weighted by Crippen LogP contribution is -2.34. The van der Waals surface area contributed by atoms with Gasteiger partial charge in [-0.3, -0.25) is 0 Å². The van der Waals surface area contributed by atoms with E-state index in [0.717, 1.165) is 24.8 Å². The summed E-state index contributed by atoms with van der Waals surface area (Å²) in [5.41, 5.74) is 7.13. The molecule has 0 saturated heterocycles. The van der Waals surface area contributed by atoms with Crippen LogP contribution in [0.3, 0.4) is 0 Å². The Morgan fingerprint density at radius 1 is 1.24 bits per heavy atom. The second kappa shape index (κ2) is 5.36. The molecule has 0 amide bonds. The summed E-state index contributed by atoms with van der Waals surface area (Å²) in [6.07, 6.45) is 6.98. The van der Waals surface area contributed by atoms with Crippen LogP contribution in [0.25, 0.3) is 0 Å². The summed E-state index contributed by atoms with van der Waals surface area (Å²) in [6, 6.07) is 5.10. The van der Waals surface area contributed by atoms with Gasteiger partial charge in [0.15, 0.2) is 0 Å². The van der Waals surface area contributed by atoms with E-state index in [0.29, 0.717) is 6.54 Å². The predicted octanol–water partition coefficient (Wildman–Crippen LogP) is 3.93. The maximum Gasteiger partial charge on any atom is 0.142 e. The molecule has 3 heteroatoms. The average molecular weight is 256 g/mol. The van der Waals surface area contributed by atoms with E-state index in [1.165, 1.54) is 19.3 Å². The minimum absolute atomic E-state index is 0.179. The lowest BCUT2D eigenvalue weighted by molar-refractivity contribution is 0.197. The number of nitrogens with two attached hydrogens (primary N) is 1. The Bertz CT molecular complexity index is 386. The Morgan fingerprint density at radius 3 is 2.53 bits per heavy atom. The zero-order chi connectivity index (χ0) is 12.3. The van der Waals surface area contributed by atoms with Gasteiger partial charge in [0.05, 0.1) is 5.02 Å². The van der Waals surface area contributed by atoms with Gasteiger partial charge in [-0.1, -0.05) is 36.9 Å². The van der Waals surface area contributed by atoms with Crippen LogP contribution in [0.5, 0.6) is 0 Å². The molecule has 1 aliphatic rings. The topological polar surface area (TPSA) is 26.0 Å². The number of halogens is 2. The van der Waals surface area contributed by atoms with Gasteiger partial charge in [-0.25, -0.2) is 4.39 Å². The van der Waals surface area contributed by atoms with Gasteiger partial charge in [-0.05, 0) is 48.9 Å². The molecule has 0 unspecified atom stereocenters. The van der Waals surface area contributed by atoms with Crippen molar-refractivity contribution in [3.8, 4) is 0 Å². The highest BCUT2D eigenvalue weighted by atomic mass is 35.5. The van der Waals surface area contributed by atoms with Crippen molar-refractivity contribution in [1.29, 1.82) is 0 Å². The monoisotopic (exact) mass is 255 g/mol. The minimum atomic E-state index is -0.327. The van der Waals surface area contributed by atoms with Crippen LogP contribution >= 0.6 is 11.6 Å². The summed E-state index contributed by atoms with van der Waals surface area (Å²) in [6.45, 7) is 0.692. The summed E-state index contributed by atoms with van der Waals surface area (Å²) < 4.78 is 13.4. The third kappa shape index (κ3) is 2.99. The Kier molecular flexibility index (Phi) is 4.05. The highest BCUT2D eigenvalue weighted by molar-refractivity contribution is 6.30. The highest BCUT2D eigenvalue weighted by Gasteiger charge is 2.30. The highest BCUT2D eigenvalue weighted by Crippen LogP contribution is 2.38. The van der Waals surface area contributed by atoms with E-state index in [4.69, 9.17) is 17.3 Å². The first-order valence-electron chi connectivity index (χ1n) is 6.29. The lowest BCUT2D eigenvalue weighted by Gasteiger charge is -2.36. The molecule has 1 aliphatic carbocycles. The second-order valence-electron chi connectivity index (χ2n) is 5.19. The van der Waals surface area contributed by atoms with Crippen molar-refractivity contribution in [1.82, 2.24) is 0 Å². The molecule has 0 aliphatic heterocycles. The van der Waals surface area contributed by atoms with E-state index in [-0.39, 0.29) is 16.3 Å². The lowest BCUT2D eigenvalue weighted by atomic mass is 9.70. The molecule has 1 nitrogen and oxygen atoms in total. The Labute approximate surface area is 107 Å². The zero-order valence-corrected chi connectivity index (χ0v) is 10.8. The minimum Gasteiger partial charge on any atom is -0.330 e. The molecule has 0 heterocycles. The van der Waals surface area contributed by atoms with Gasteiger partial charge in [0.25, 0.3) is 0 Å². The summed E-state index contributed by atoms with van der Waals surface area (Å²) in [7, 11) is 0. The summed E-state index contributed by atoms with van der Waals surface area (Å²) in [5, 5.41) is 0.194. The Morgan fingerprint density at radius 2 is 1.94 bits per heavy atom. The van der Waals surface area contributed by atoms with Gasteiger partial charge in [-0.2, -0.15) is 0 Å². The third-order valence-electron chi connectivity index (χ3n) is 3.91. The van der Waals surface area contributed by atoms with Crippen LogP contribution in [0.15, 0.2) is 18.2 Å². The normalized spacial score (nSPS) is 19.2. The van der Waals surface area contributed by atoms with Crippen molar-refractivity contribution >= 4 is 11.6 Å². The van der Waals surface area contributed by atoms with Crippen LogP contribution in [0.2, 0.25) is 5.02 Å². The van der Waals surface area contributed by atoms with Crippen LogP contribution in [-0.4, -0.2) is 6.54 Å². The fraction of sp³-hybridized carbons (Fsp3) is 0.571. The molecule has 0 radical (unpaired) electrons. The van der Waals surface area contributed by atoms with Crippen molar-refractivity contribution < 1.29 is 4.39 Å². The van der Waals surface area contributed by atoms with Crippen LogP contribution in [0, 0.1) is 11.2 Å². The van der Waals surface area contributed by atoms with Crippen LogP contribution < -0.4 is 5.73 Å². The van der Waals surface area contributed by atoms with Crippen molar-refractivity contribution in [3.63, 3.8) is 0 Å². The van der Waals surface area contributed by atoms with Crippen molar-refractivity contribution in [2.75, 3.05) is 6.54 Å². The SMILES string of the molecule is NCC1(Cc2ccc(Cl)c(F)c2)CCCCC1. The number of rotatable bonds is 3. The molecule has 0 atom stereocenters. The maximum atomic E-state index is 13.4. The fourth-order valence-electron chi connectivity index (χ4n) is 2.84. The summed E-state index contributed by atoms with van der Waals surface area (Å²) in [5.74, 6) is -0.327. The number of benzene rings is 1. The first kappa shape index (κ1) is 12.8. The Hall–Kier alpha value is -0.600. The Balaban J connectivity index is 2.14. The number of hydrogen-bond donors (Lipinski definition) is 1.